The Bertz CT molecular complexity index is 962. The number of sulfonamides is 1. The Labute approximate surface area is 188 Å². The largest absolute Gasteiger partial charge is 0.484 e. The van der Waals surface area contributed by atoms with Crippen molar-refractivity contribution in [1.29, 1.82) is 0 Å². The van der Waals surface area contributed by atoms with Crippen molar-refractivity contribution >= 4 is 22.0 Å². The number of carbonyl (C=O) groups excluding carboxylic acids is 2. The van der Waals surface area contributed by atoms with Gasteiger partial charge in [0, 0.05) is 12.6 Å². The molecular formula is C22H32FN3O5S. The zero-order chi connectivity index (χ0) is 23.5. The van der Waals surface area contributed by atoms with Crippen LogP contribution < -0.4 is 14.8 Å². The number of nitrogens with zero attached hydrogens (tertiary/aromatic N) is 1. The Morgan fingerprint density at radius 2 is 1.97 bits per heavy atom. The van der Waals surface area contributed by atoms with Crippen LogP contribution >= 0.6 is 0 Å². The minimum absolute atomic E-state index is 0.0530. The van der Waals surface area contributed by atoms with Crippen molar-refractivity contribution in [2.45, 2.75) is 64.5 Å². The van der Waals surface area contributed by atoms with Crippen LogP contribution in [0.15, 0.2) is 18.2 Å². The molecule has 1 heterocycles. The predicted octanol–water partition coefficient (Wildman–Crippen LogP) is 3.10. The van der Waals surface area contributed by atoms with Gasteiger partial charge in [-0.3, -0.25) is 10.1 Å². The topological polar surface area (TPSA) is 105 Å². The van der Waals surface area contributed by atoms with E-state index in [1.807, 2.05) is 13.8 Å². The first-order chi connectivity index (χ1) is 15.0. The molecule has 1 aromatic rings. The van der Waals surface area contributed by atoms with Crippen molar-refractivity contribution in [2.75, 3.05) is 18.8 Å². The standard InChI is InChI=1S/C22H32FN3O5S/c1-15(16-7-10-18(23)19(13-16)31-22(2,3)17-8-9-17)25-32(29,30)12-6-4-5-11-26-14-20(27)24-21(26)28/h7,10,13,15,17,25H,4-6,8-9,11-12,14H2,1-3H3,(H,24,27,28)/t15-/m1/s1. The first-order valence-corrected chi connectivity index (χ1v) is 12.7. The third kappa shape index (κ3) is 6.65. The van der Waals surface area contributed by atoms with Crippen molar-refractivity contribution in [3.63, 3.8) is 0 Å². The fourth-order valence-corrected chi connectivity index (χ4v) is 5.22. The maximum Gasteiger partial charge on any atom is 0.324 e. The average Bonchev–Trinajstić information content (AvgIpc) is 3.49. The number of ether oxygens (including phenoxy) is 1. The van der Waals surface area contributed by atoms with Crippen LogP contribution in [0.3, 0.4) is 0 Å². The van der Waals surface area contributed by atoms with Gasteiger partial charge in [-0.2, -0.15) is 0 Å². The van der Waals surface area contributed by atoms with E-state index in [9.17, 15) is 22.4 Å². The fourth-order valence-electron chi connectivity index (χ4n) is 3.84. The highest BCUT2D eigenvalue weighted by Crippen LogP contribution is 2.42. The summed E-state index contributed by atoms with van der Waals surface area (Å²) in [7, 11) is -3.54. The molecule has 3 rings (SSSR count). The first kappa shape index (κ1) is 24.4. The van der Waals surface area contributed by atoms with E-state index >= 15 is 0 Å². The predicted molar refractivity (Wildman–Crippen MR) is 118 cm³/mol. The second kappa shape index (κ2) is 9.74. The minimum Gasteiger partial charge on any atom is -0.484 e. The first-order valence-electron chi connectivity index (χ1n) is 11.0. The fraction of sp³-hybridized carbons (Fsp3) is 0.636. The molecule has 2 aliphatic rings. The quantitative estimate of drug-likeness (QED) is 0.362. The monoisotopic (exact) mass is 469 g/mol. The Morgan fingerprint density at radius 3 is 2.59 bits per heavy atom. The average molecular weight is 470 g/mol. The van der Waals surface area contributed by atoms with Gasteiger partial charge in [-0.05, 0) is 70.1 Å². The lowest BCUT2D eigenvalue weighted by molar-refractivity contribution is -0.118. The highest BCUT2D eigenvalue weighted by atomic mass is 32.2. The highest BCUT2D eigenvalue weighted by Gasteiger charge is 2.40. The number of halogens is 1. The van der Waals surface area contributed by atoms with Crippen LogP contribution in [0.4, 0.5) is 9.18 Å². The van der Waals surface area contributed by atoms with E-state index in [1.165, 1.54) is 11.0 Å². The van der Waals surface area contributed by atoms with Crippen molar-refractivity contribution < 1.29 is 27.1 Å². The van der Waals surface area contributed by atoms with Gasteiger partial charge >= 0.3 is 6.03 Å². The number of imide groups is 1. The molecule has 10 heteroatoms. The molecule has 1 saturated heterocycles. The number of rotatable bonds is 12. The Morgan fingerprint density at radius 1 is 1.25 bits per heavy atom. The van der Waals surface area contributed by atoms with Gasteiger partial charge in [-0.15, -0.1) is 0 Å². The van der Waals surface area contributed by atoms with E-state index in [0.717, 1.165) is 12.8 Å². The van der Waals surface area contributed by atoms with Crippen LogP contribution in [-0.2, 0) is 14.8 Å². The molecule has 8 nitrogen and oxygen atoms in total. The number of benzene rings is 1. The third-order valence-corrected chi connectivity index (χ3v) is 7.49. The van der Waals surface area contributed by atoms with Crippen molar-refractivity contribution in [3.8, 4) is 5.75 Å². The van der Waals surface area contributed by atoms with Gasteiger partial charge in [-0.1, -0.05) is 12.5 Å². The van der Waals surface area contributed by atoms with Crippen LogP contribution in [0.1, 0.15) is 64.5 Å². The van der Waals surface area contributed by atoms with E-state index in [0.29, 0.717) is 37.3 Å². The molecule has 0 spiro atoms. The summed E-state index contributed by atoms with van der Waals surface area (Å²) in [6.45, 7) is 6.06. The summed E-state index contributed by atoms with van der Waals surface area (Å²) >= 11 is 0. The van der Waals surface area contributed by atoms with Crippen LogP contribution in [-0.4, -0.2) is 49.7 Å². The van der Waals surface area contributed by atoms with Gasteiger partial charge in [0.15, 0.2) is 11.6 Å². The molecule has 0 radical (unpaired) electrons. The van der Waals surface area contributed by atoms with Crippen LogP contribution in [0.2, 0.25) is 0 Å². The molecule has 1 saturated carbocycles. The molecule has 32 heavy (non-hydrogen) atoms. The Balaban J connectivity index is 1.47. The summed E-state index contributed by atoms with van der Waals surface area (Å²) in [6.07, 6.45) is 3.78. The van der Waals surface area contributed by atoms with E-state index in [4.69, 9.17) is 4.74 Å². The lowest BCUT2D eigenvalue weighted by Crippen LogP contribution is -2.31. The summed E-state index contributed by atoms with van der Waals surface area (Å²) in [5, 5.41) is 2.21. The van der Waals surface area contributed by atoms with Crippen molar-refractivity contribution in [3.05, 3.63) is 29.6 Å². The van der Waals surface area contributed by atoms with Gasteiger partial charge in [-0.25, -0.2) is 22.3 Å². The number of amides is 3. The normalized spacial score (nSPS) is 18.1. The highest BCUT2D eigenvalue weighted by molar-refractivity contribution is 7.89. The maximum atomic E-state index is 14.3. The molecule has 2 fully saturated rings. The number of carbonyl (C=O) groups is 2. The molecule has 1 aliphatic heterocycles. The van der Waals surface area contributed by atoms with E-state index in [-0.39, 0.29) is 24.0 Å². The molecule has 1 atom stereocenters. The molecular weight excluding hydrogens is 437 g/mol. The second-order valence-corrected chi connectivity index (χ2v) is 11.0. The Kier molecular flexibility index (Phi) is 7.44. The van der Waals surface area contributed by atoms with Crippen LogP contribution in [0.5, 0.6) is 5.75 Å². The Hall–Kier alpha value is -2.20. The van der Waals surface area contributed by atoms with Crippen molar-refractivity contribution in [1.82, 2.24) is 14.9 Å². The summed E-state index contributed by atoms with van der Waals surface area (Å²) in [6, 6.07) is 3.49. The van der Waals surface area contributed by atoms with E-state index in [1.54, 1.807) is 19.1 Å². The van der Waals surface area contributed by atoms with E-state index in [2.05, 4.69) is 10.0 Å². The molecule has 3 amide bonds. The molecule has 1 aliphatic carbocycles. The molecule has 0 bridgehead atoms. The van der Waals surface area contributed by atoms with Gasteiger partial charge in [0.1, 0.15) is 12.1 Å². The van der Waals surface area contributed by atoms with E-state index < -0.39 is 33.5 Å². The molecule has 2 N–H and O–H groups in total. The minimum atomic E-state index is -3.54. The number of hydrogen-bond donors (Lipinski definition) is 2. The molecule has 178 valence electrons. The van der Waals surface area contributed by atoms with Gasteiger partial charge in [0.05, 0.1) is 5.75 Å². The van der Waals surface area contributed by atoms with Crippen LogP contribution in [0.25, 0.3) is 0 Å². The summed E-state index contributed by atoms with van der Waals surface area (Å²) in [5.41, 5.74) is 0.159. The third-order valence-electron chi connectivity index (χ3n) is 5.95. The molecule has 1 aromatic carbocycles. The molecule has 0 unspecified atom stereocenters. The lowest BCUT2D eigenvalue weighted by atomic mass is 10.0. The van der Waals surface area contributed by atoms with Crippen LogP contribution in [0, 0.1) is 11.7 Å². The summed E-state index contributed by atoms with van der Waals surface area (Å²) in [4.78, 5) is 24.0. The maximum absolute atomic E-state index is 14.3. The number of hydrogen-bond acceptors (Lipinski definition) is 5. The SMILES string of the molecule is C[C@@H](NS(=O)(=O)CCCCCN1CC(=O)NC1=O)c1ccc(F)c(OC(C)(C)C2CC2)c1. The zero-order valence-corrected chi connectivity index (χ0v) is 19.6. The van der Waals surface area contributed by atoms with Gasteiger partial charge in [0.2, 0.25) is 15.9 Å². The number of urea groups is 1. The number of unbranched alkanes of at least 4 members (excludes halogenated alkanes) is 2. The summed E-state index contributed by atoms with van der Waals surface area (Å²) < 4.78 is 47.8. The second-order valence-electron chi connectivity index (χ2n) is 9.16. The lowest BCUT2D eigenvalue weighted by Gasteiger charge is -2.27. The smallest absolute Gasteiger partial charge is 0.324 e. The number of nitrogens with one attached hydrogen (secondary N) is 2. The molecule has 0 aromatic heterocycles. The van der Waals surface area contributed by atoms with Gasteiger partial charge < -0.3 is 9.64 Å². The summed E-state index contributed by atoms with van der Waals surface area (Å²) in [5.74, 6) is -0.300. The van der Waals surface area contributed by atoms with Gasteiger partial charge in [0.25, 0.3) is 0 Å². The zero-order valence-electron chi connectivity index (χ0n) is 18.8. The van der Waals surface area contributed by atoms with Crippen molar-refractivity contribution in [2.24, 2.45) is 5.92 Å².